The smallest absolute Gasteiger partial charge is 0.119 e. The zero-order chi connectivity index (χ0) is 15.8. The lowest BCUT2D eigenvalue weighted by Gasteiger charge is -2.07. The molecule has 0 heterocycles. The normalized spacial score (nSPS) is 11.3. The highest BCUT2D eigenvalue weighted by molar-refractivity contribution is 5.82. The summed E-state index contributed by atoms with van der Waals surface area (Å²) in [6, 6.07) is 16.4. The van der Waals surface area contributed by atoms with Gasteiger partial charge < -0.3 is 4.74 Å². The standard InChI is InChI=1S/C20H25NO/c1-4-17-5-9-19(10-6-17)21-15-18-7-11-20(12-8-18)22-14-13-16(2)3/h5-12,15-16H,4,13-14H2,1-3H3. The molecule has 0 bridgehead atoms. The molecule has 2 aromatic rings. The van der Waals surface area contributed by atoms with Gasteiger partial charge in [0.25, 0.3) is 0 Å². The van der Waals surface area contributed by atoms with Gasteiger partial charge >= 0.3 is 0 Å². The maximum atomic E-state index is 5.72. The maximum absolute atomic E-state index is 5.72. The summed E-state index contributed by atoms with van der Waals surface area (Å²) in [5.41, 5.74) is 3.40. The van der Waals surface area contributed by atoms with Gasteiger partial charge in [-0.15, -0.1) is 0 Å². The Hall–Kier alpha value is -2.09. The van der Waals surface area contributed by atoms with Gasteiger partial charge in [-0.1, -0.05) is 32.9 Å². The molecule has 2 aromatic carbocycles. The van der Waals surface area contributed by atoms with Crippen LogP contribution in [-0.2, 0) is 6.42 Å². The van der Waals surface area contributed by atoms with Crippen LogP contribution in [0, 0.1) is 5.92 Å². The Balaban J connectivity index is 1.91. The Morgan fingerprint density at radius 2 is 1.68 bits per heavy atom. The quantitative estimate of drug-likeness (QED) is 0.625. The van der Waals surface area contributed by atoms with Crippen molar-refractivity contribution in [2.45, 2.75) is 33.6 Å². The first kappa shape index (κ1) is 16.3. The van der Waals surface area contributed by atoms with Crippen LogP contribution >= 0.6 is 0 Å². The number of aryl methyl sites for hydroxylation is 1. The van der Waals surface area contributed by atoms with E-state index < -0.39 is 0 Å². The SMILES string of the molecule is CCc1ccc(N=Cc2ccc(OCCC(C)C)cc2)cc1. The van der Waals surface area contributed by atoms with Gasteiger partial charge in [0.2, 0.25) is 0 Å². The fourth-order valence-corrected chi connectivity index (χ4v) is 2.03. The first-order valence-electron chi connectivity index (χ1n) is 8.03. The number of hydrogen-bond acceptors (Lipinski definition) is 2. The van der Waals surface area contributed by atoms with Gasteiger partial charge in [-0.3, -0.25) is 4.99 Å². The molecular formula is C20H25NO. The van der Waals surface area contributed by atoms with E-state index in [9.17, 15) is 0 Å². The number of rotatable bonds is 7. The van der Waals surface area contributed by atoms with E-state index in [2.05, 4.69) is 50.0 Å². The molecule has 2 rings (SSSR count). The number of nitrogens with zero attached hydrogens (tertiary/aromatic N) is 1. The van der Waals surface area contributed by atoms with E-state index in [1.165, 1.54) is 5.56 Å². The van der Waals surface area contributed by atoms with E-state index >= 15 is 0 Å². The highest BCUT2D eigenvalue weighted by Crippen LogP contribution is 2.15. The predicted octanol–water partition coefficient (Wildman–Crippen LogP) is 5.42. The topological polar surface area (TPSA) is 21.6 Å². The van der Waals surface area contributed by atoms with Crippen molar-refractivity contribution in [1.82, 2.24) is 0 Å². The van der Waals surface area contributed by atoms with Gasteiger partial charge in [0.05, 0.1) is 12.3 Å². The van der Waals surface area contributed by atoms with Crippen molar-refractivity contribution in [2.24, 2.45) is 10.9 Å². The third-order valence-corrected chi connectivity index (χ3v) is 3.55. The lowest BCUT2D eigenvalue weighted by molar-refractivity contribution is 0.289. The second kappa shape index (κ2) is 8.38. The maximum Gasteiger partial charge on any atom is 0.119 e. The van der Waals surface area contributed by atoms with Crippen molar-refractivity contribution in [1.29, 1.82) is 0 Å². The fraction of sp³-hybridized carbons (Fsp3) is 0.350. The predicted molar refractivity (Wildman–Crippen MR) is 94.5 cm³/mol. The van der Waals surface area contributed by atoms with Crippen LogP contribution in [0.5, 0.6) is 5.75 Å². The van der Waals surface area contributed by atoms with Crippen LogP contribution < -0.4 is 4.74 Å². The van der Waals surface area contributed by atoms with Crippen molar-refractivity contribution in [3.05, 3.63) is 59.7 Å². The molecule has 0 aliphatic rings. The van der Waals surface area contributed by atoms with Crippen LogP contribution in [0.3, 0.4) is 0 Å². The van der Waals surface area contributed by atoms with E-state index in [-0.39, 0.29) is 0 Å². The van der Waals surface area contributed by atoms with E-state index in [0.29, 0.717) is 5.92 Å². The zero-order valence-electron chi connectivity index (χ0n) is 13.8. The zero-order valence-corrected chi connectivity index (χ0v) is 13.8. The average molecular weight is 295 g/mol. The second-order valence-electron chi connectivity index (χ2n) is 5.88. The molecule has 0 N–H and O–H groups in total. The molecule has 0 spiro atoms. The van der Waals surface area contributed by atoms with Crippen LogP contribution in [-0.4, -0.2) is 12.8 Å². The Morgan fingerprint density at radius 3 is 2.27 bits per heavy atom. The number of aliphatic imine (C=N–C) groups is 1. The average Bonchev–Trinajstić information content (AvgIpc) is 2.54. The summed E-state index contributed by atoms with van der Waals surface area (Å²) in [4.78, 5) is 4.50. The fourth-order valence-electron chi connectivity index (χ4n) is 2.03. The van der Waals surface area contributed by atoms with Crippen LogP contribution in [0.1, 0.15) is 38.3 Å². The summed E-state index contributed by atoms with van der Waals surface area (Å²) in [5, 5.41) is 0. The summed E-state index contributed by atoms with van der Waals surface area (Å²) >= 11 is 0. The minimum atomic E-state index is 0.672. The highest BCUT2D eigenvalue weighted by atomic mass is 16.5. The first-order chi connectivity index (χ1) is 10.7. The molecule has 0 aromatic heterocycles. The molecular weight excluding hydrogens is 270 g/mol. The number of ether oxygens (including phenoxy) is 1. The Kier molecular flexibility index (Phi) is 6.20. The molecule has 0 aliphatic heterocycles. The molecule has 0 fully saturated rings. The lowest BCUT2D eigenvalue weighted by atomic mass is 10.1. The first-order valence-corrected chi connectivity index (χ1v) is 8.03. The Morgan fingerprint density at radius 1 is 1.00 bits per heavy atom. The third kappa shape index (κ3) is 5.36. The molecule has 0 aliphatic carbocycles. The molecule has 0 radical (unpaired) electrons. The van der Waals surface area contributed by atoms with Crippen molar-refractivity contribution in [2.75, 3.05) is 6.61 Å². The monoisotopic (exact) mass is 295 g/mol. The van der Waals surface area contributed by atoms with Crippen LogP contribution in [0.25, 0.3) is 0 Å². The summed E-state index contributed by atoms with van der Waals surface area (Å²) in [7, 11) is 0. The molecule has 0 saturated carbocycles. The Bertz CT molecular complexity index is 582. The molecule has 0 atom stereocenters. The minimum absolute atomic E-state index is 0.672. The largest absolute Gasteiger partial charge is 0.494 e. The Labute approximate surface area is 133 Å². The van der Waals surface area contributed by atoms with Gasteiger partial charge in [-0.25, -0.2) is 0 Å². The van der Waals surface area contributed by atoms with Gasteiger partial charge in [-0.2, -0.15) is 0 Å². The number of hydrogen-bond donors (Lipinski definition) is 0. The summed E-state index contributed by atoms with van der Waals surface area (Å²) in [5.74, 6) is 1.59. The lowest BCUT2D eigenvalue weighted by Crippen LogP contribution is -2.01. The van der Waals surface area contributed by atoms with Crippen LogP contribution in [0.15, 0.2) is 53.5 Å². The molecule has 0 amide bonds. The van der Waals surface area contributed by atoms with Gasteiger partial charge in [0.1, 0.15) is 5.75 Å². The molecule has 116 valence electrons. The van der Waals surface area contributed by atoms with Crippen LogP contribution in [0.4, 0.5) is 5.69 Å². The van der Waals surface area contributed by atoms with Crippen molar-refractivity contribution in [3.63, 3.8) is 0 Å². The molecule has 2 nitrogen and oxygen atoms in total. The van der Waals surface area contributed by atoms with Gasteiger partial charge in [0.15, 0.2) is 0 Å². The summed E-state index contributed by atoms with van der Waals surface area (Å²) in [6.07, 6.45) is 4.03. The van der Waals surface area contributed by atoms with Crippen LogP contribution in [0.2, 0.25) is 0 Å². The second-order valence-corrected chi connectivity index (χ2v) is 5.88. The van der Waals surface area contributed by atoms with E-state index in [1.807, 2.05) is 30.5 Å². The van der Waals surface area contributed by atoms with E-state index in [0.717, 1.165) is 36.4 Å². The molecule has 2 heteroatoms. The summed E-state index contributed by atoms with van der Waals surface area (Å²) < 4.78 is 5.72. The van der Waals surface area contributed by atoms with E-state index in [4.69, 9.17) is 4.74 Å². The summed E-state index contributed by atoms with van der Waals surface area (Å²) in [6.45, 7) is 7.34. The molecule has 22 heavy (non-hydrogen) atoms. The van der Waals surface area contributed by atoms with Crippen molar-refractivity contribution >= 4 is 11.9 Å². The molecule has 0 unspecified atom stereocenters. The van der Waals surface area contributed by atoms with Crippen molar-refractivity contribution in [3.8, 4) is 5.75 Å². The molecule has 0 saturated heterocycles. The van der Waals surface area contributed by atoms with Crippen molar-refractivity contribution < 1.29 is 4.74 Å². The van der Waals surface area contributed by atoms with Gasteiger partial charge in [0, 0.05) is 6.21 Å². The highest BCUT2D eigenvalue weighted by Gasteiger charge is 1.97. The minimum Gasteiger partial charge on any atom is -0.494 e. The van der Waals surface area contributed by atoms with Gasteiger partial charge in [-0.05, 0) is 66.3 Å². The number of benzene rings is 2. The third-order valence-electron chi connectivity index (χ3n) is 3.55. The van der Waals surface area contributed by atoms with E-state index in [1.54, 1.807) is 0 Å².